The molecule has 3 aromatic rings. The molecular weight excluding hydrogens is 388 g/mol. The molecular formula is C26H24N2O3. The van der Waals surface area contributed by atoms with Crippen LogP contribution in [0, 0.1) is 0 Å². The molecule has 1 spiro atoms. The molecule has 0 N–H and O–H groups in total. The van der Waals surface area contributed by atoms with Crippen LogP contribution in [0.4, 0.5) is 10.5 Å². The van der Waals surface area contributed by atoms with Crippen LogP contribution in [0.5, 0.6) is 0 Å². The van der Waals surface area contributed by atoms with E-state index in [2.05, 4.69) is 0 Å². The first kappa shape index (κ1) is 19.4. The van der Waals surface area contributed by atoms with Crippen molar-refractivity contribution in [1.82, 2.24) is 4.90 Å². The normalized spacial score (nSPS) is 19.7. The van der Waals surface area contributed by atoms with Crippen LogP contribution in [-0.4, -0.2) is 30.0 Å². The Morgan fingerprint density at radius 3 is 2.26 bits per heavy atom. The smallest absolute Gasteiger partial charge is 0.410 e. The zero-order chi connectivity index (χ0) is 21.3. The number of nitrogens with zero attached hydrogens (tertiary/aromatic N) is 2. The molecule has 0 aliphatic carbocycles. The number of para-hydroxylation sites is 1. The van der Waals surface area contributed by atoms with Crippen molar-refractivity contribution in [2.75, 3.05) is 18.0 Å². The van der Waals surface area contributed by atoms with E-state index in [4.69, 9.17) is 4.74 Å². The number of fused-ring (bicyclic) bond motifs is 2. The van der Waals surface area contributed by atoms with Gasteiger partial charge < -0.3 is 14.5 Å². The summed E-state index contributed by atoms with van der Waals surface area (Å²) in [5, 5.41) is 0. The summed E-state index contributed by atoms with van der Waals surface area (Å²) >= 11 is 0. The maximum Gasteiger partial charge on any atom is 0.410 e. The summed E-state index contributed by atoms with van der Waals surface area (Å²) in [5.74, 6) is 0.0657. The van der Waals surface area contributed by atoms with Gasteiger partial charge in [0.15, 0.2) is 0 Å². The van der Waals surface area contributed by atoms with Crippen molar-refractivity contribution in [2.45, 2.75) is 25.0 Å². The van der Waals surface area contributed by atoms with Gasteiger partial charge in [0.2, 0.25) is 5.91 Å². The number of hydrogen-bond donors (Lipinski definition) is 0. The number of carbonyl (C=O) groups is 2. The van der Waals surface area contributed by atoms with Gasteiger partial charge in [-0.2, -0.15) is 0 Å². The topological polar surface area (TPSA) is 49.9 Å². The molecule has 0 aromatic heterocycles. The maximum absolute atomic E-state index is 13.7. The van der Waals surface area contributed by atoms with Gasteiger partial charge in [0.25, 0.3) is 0 Å². The van der Waals surface area contributed by atoms with Crippen molar-refractivity contribution in [3.05, 3.63) is 102 Å². The molecule has 2 aliphatic heterocycles. The van der Waals surface area contributed by atoms with Crippen LogP contribution >= 0.6 is 0 Å². The largest absolute Gasteiger partial charge is 0.445 e. The molecule has 5 heteroatoms. The summed E-state index contributed by atoms with van der Waals surface area (Å²) in [6.45, 7) is 1.61. The molecule has 1 unspecified atom stereocenters. The number of benzene rings is 3. The first-order valence-corrected chi connectivity index (χ1v) is 10.6. The highest BCUT2D eigenvalue weighted by molar-refractivity contribution is 6.08. The molecule has 1 fully saturated rings. The molecule has 0 saturated carbocycles. The molecule has 31 heavy (non-hydrogen) atoms. The first-order valence-electron chi connectivity index (χ1n) is 10.6. The van der Waals surface area contributed by atoms with Crippen molar-refractivity contribution >= 4 is 17.7 Å². The summed E-state index contributed by atoms with van der Waals surface area (Å²) in [5.41, 5.74) is 3.28. The van der Waals surface area contributed by atoms with E-state index in [9.17, 15) is 9.59 Å². The van der Waals surface area contributed by atoms with Crippen LogP contribution in [0.3, 0.4) is 0 Å². The third-order valence-corrected chi connectivity index (χ3v) is 6.28. The Bertz CT molecular complexity index is 1100. The van der Waals surface area contributed by atoms with Crippen LogP contribution in [0.25, 0.3) is 0 Å². The van der Waals surface area contributed by atoms with E-state index in [1.54, 1.807) is 4.90 Å². The number of ether oxygens (including phenoxy) is 1. The quantitative estimate of drug-likeness (QED) is 0.633. The van der Waals surface area contributed by atoms with E-state index in [1.807, 2.05) is 89.8 Å². The third kappa shape index (κ3) is 3.46. The summed E-state index contributed by atoms with van der Waals surface area (Å²) in [6.07, 6.45) is 0.238. The third-order valence-electron chi connectivity index (χ3n) is 6.28. The van der Waals surface area contributed by atoms with Gasteiger partial charge in [-0.15, -0.1) is 0 Å². The fourth-order valence-corrected chi connectivity index (χ4v) is 4.69. The van der Waals surface area contributed by atoms with Crippen LogP contribution in [0.2, 0.25) is 0 Å². The minimum Gasteiger partial charge on any atom is -0.445 e. The fraction of sp³-hybridized carbons (Fsp3) is 0.231. The summed E-state index contributed by atoms with van der Waals surface area (Å²) in [6, 6.07) is 27.6. The number of hydrogen-bond acceptors (Lipinski definition) is 3. The van der Waals surface area contributed by atoms with Gasteiger partial charge in [0.1, 0.15) is 6.61 Å². The lowest BCUT2D eigenvalue weighted by Crippen LogP contribution is -2.43. The lowest BCUT2D eigenvalue weighted by atomic mass is 9.81. The molecule has 2 heterocycles. The Hall–Kier alpha value is -3.60. The number of carbonyl (C=O) groups excluding carboxylic acids is 2. The van der Waals surface area contributed by atoms with Gasteiger partial charge in [0.05, 0.1) is 12.0 Å². The van der Waals surface area contributed by atoms with E-state index >= 15 is 0 Å². The number of rotatable bonds is 4. The second-order valence-corrected chi connectivity index (χ2v) is 8.19. The van der Waals surface area contributed by atoms with Crippen LogP contribution in [0.15, 0.2) is 84.9 Å². The second kappa shape index (κ2) is 7.91. The molecule has 5 nitrogen and oxygen atoms in total. The highest BCUT2D eigenvalue weighted by atomic mass is 16.6. The molecule has 1 atom stereocenters. The molecule has 156 valence electrons. The maximum atomic E-state index is 13.7. The van der Waals surface area contributed by atoms with Crippen molar-refractivity contribution in [1.29, 1.82) is 0 Å². The van der Waals surface area contributed by atoms with Crippen LogP contribution in [-0.2, 0) is 28.1 Å². The number of likely N-dealkylation sites (tertiary alicyclic amines) is 1. The van der Waals surface area contributed by atoms with Crippen molar-refractivity contribution in [3.63, 3.8) is 0 Å². The Morgan fingerprint density at radius 2 is 1.52 bits per heavy atom. The minimum absolute atomic E-state index is 0.0657. The second-order valence-electron chi connectivity index (χ2n) is 8.19. The standard InChI is InChI=1S/C26H24N2O3/c29-24-26(15-16-27(19-26)25(30)31-18-21-11-5-2-6-12-21)22-13-7-8-14-23(22)28(24)17-20-9-3-1-4-10-20/h1-14H,15-19H2. The van der Waals surface area contributed by atoms with Gasteiger partial charge in [-0.3, -0.25) is 4.79 Å². The van der Waals surface area contributed by atoms with E-state index < -0.39 is 5.41 Å². The van der Waals surface area contributed by atoms with Gasteiger partial charge in [-0.1, -0.05) is 78.9 Å². The zero-order valence-corrected chi connectivity index (χ0v) is 17.2. The fourth-order valence-electron chi connectivity index (χ4n) is 4.69. The van der Waals surface area contributed by atoms with Gasteiger partial charge in [-0.05, 0) is 29.2 Å². The average molecular weight is 412 g/mol. The van der Waals surface area contributed by atoms with E-state index in [1.165, 1.54) is 0 Å². The Morgan fingerprint density at radius 1 is 0.871 bits per heavy atom. The highest BCUT2D eigenvalue weighted by Gasteiger charge is 2.55. The van der Waals surface area contributed by atoms with E-state index in [-0.39, 0.29) is 18.6 Å². The van der Waals surface area contributed by atoms with Crippen LogP contribution in [0.1, 0.15) is 23.1 Å². The number of amides is 2. The van der Waals surface area contributed by atoms with Crippen molar-refractivity contribution in [2.24, 2.45) is 0 Å². The summed E-state index contributed by atoms with van der Waals surface area (Å²) in [7, 11) is 0. The molecule has 0 bridgehead atoms. The zero-order valence-electron chi connectivity index (χ0n) is 17.2. The lowest BCUT2D eigenvalue weighted by Gasteiger charge is -2.24. The van der Waals surface area contributed by atoms with E-state index in [0.29, 0.717) is 26.1 Å². The predicted octanol–water partition coefficient (Wildman–Crippen LogP) is 4.51. The SMILES string of the molecule is O=C(OCc1ccccc1)N1CCC2(C1)C(=O)N(Cc1ccccc1)c1ccccc12. The molecule has 2 amide bonds. The lowest BCUT2D eigenvalue weighted by molar-refractivity contribution is -0.122. The van der Waals surface area contributed by atoms with E-state index in [0.717, 1.165) is 22.4 Å². The summed E-state index contributed by atoms with van der Waals surface area (Å²) in [4.78, 5) is 29.9. The monoisotopic (exact) mass is 412 g/mol. The van der Waals surface area contributed by atoms with Crippen molar-refractivity contribution < 1.29 is 14.3 Å². The molecule has 1 saturated heterocycles. The van der Waals surface area contributed by atoms with Crippen molar-refractivity contribution in [3.8, 4) is 0 Å². The number of anilines is 1. The molecule has 5 rings (SSSR count). The Kier molecular flexibility index (Phi) is 4.94. The predicted molar refractivity (Wildman–Crippen MR) is 119 cm³/mol. The molecule has 2 aliphatic rings. The molecule has 3 aromatic carbocycles. The highest BCUT2D eigenvalue weighted by Crippen LogP contribution is 2.47. The van der Waals surface area contributed by atoms with Gasteiger partial charge in [-0.25, -0.2) is 4.79 Å². The Labute approximate surface area is 181 Å². The van der Waals surface area contributed by atoms with Gasteiger partial charge in [0, 0.05) is 18.8 Å². The minimum atomic E-state index is -0.697. The van der Waals surface area contributed by atoms with Crippen LogP contribution < -0.4 is 4.90 Å². The Balaban J connectivity index is 1.35. The molecule has 0 radical (unpaired) electrons. The summed E-state index contributed by atoms with van der Waals surface area (Å²) < 4.78 is 5.52. The van der Waals surface area contributed by atoms with Gasteiger partial charge >= 0.3 is 6.09 Å². The first-order chi connectivity index (χ1) is 15.2. The average Bonchev–Trinajstić information content (AvgIpc) is 3.37.